The van der Waals surface area contributed by atoms with Crippen molar-refractivity contribution >= 4 is 11.9 Å². The fourth-order valence-electron chi connectivity index (χ4n) is 2.48. The minimum atomic E-state index is -1.09. The van der Waals surface area contributed by atoms with Crippen LogP contribution in [0.4, 0.5) is 0 Å². The number of carboxylic acid groups (broad SMARTS) is 1. The van der Waals surface area contributed by atoms with Gasteiger partial charge in [0.25, 0.3) is 5.91 Å². The van der Waals surface area contributed by atoms with Crippen LogP contribution in [-0.2, 0) is 16.1 Å². The Morgan fingerprint density at radius 1 is 1.44 bits per heavy atom. The standard InChI is InChI=1S/C16H17N3O6/c1-10-17-14(18-25-10)9-24-12-4-2-3-11(7-12)15(20)19-5-6-23-8-13(19)16(21)22/h2-4,7,13H,5-6,8-9H2,1H3,(H,21,22). The van der Waals surface area contributed by atoms with E-state index in [0.717, 1.165) is 0 Å². The van der Waals surface area contributed by atoms with Gasteiger partial charge in [0.05, 0.1) is 13.2 Å². The molecule has 9 nitrogen and oxygen atoms in total. The number of aromatic nitrogens is 2. The van der Waals surface area contributed by atoms with E-state index in [1.54, 1.807) is 31.2 Å². The summed E-state index contributed by atoms with van der Waals surface area (Å²) in [7, 11) is 0. The highest BCUT2D eigenvalue weighted by Crippen LogP contribution is 2.18. The molecule has 1 aromatic heterocycles. The van der Waals surface area contributed by atoms with Gasteiger partial charge in [0, 0.05) is 19.0 Å². The first kappa shape index (κ1) is 16.9. The van der Waals surface area contributed by atoms with Crippen LogP contribution in [0.1, 0.15) is 22.1 Å². The second-order valence-electron chi connectivity index (χ2n) is 5.47. The minimum Gasteiger partial charge on any atom is -0.485 e. The van der Waals surface area contributed by atoms with Gasteiger partial charge >= 0.3 is 5.97 Å². The van der Waals surface area contributed by atoms with Gasteiger partial charge in [-0.3, -0.25) is 4.79 Å². The highest BCUT2D eigenvalue weighted by molar-refractivity contribution is 5.97. The van der Waals surface area contributed by atoms with E-state index in [4.69, 9.17) is 14.0 Å². The van der Waals surface area contributed by atoms with Gasteiger partial charge in [-0.05, 0) is 18.2 Å². The van der Waals surface area contributed by atoms with Crippen LogP contribution in [-0.4, -0.2) is 57.8 Å². The normalized spacial score (nSPS) is 17.3. The quantitative estimate of drug-likeness (QED) is 0.848. The molecule has 1 fully saturated rings. The molecule has 1 saturated heterocycles. The van der Waals surface area contributed by atoms with E-state index in [0.29, 0.717) is 29.6 Å². The fraction of sp³-hybridized carbons (Fsp3) is 0.375. The average molecular weight is 347 g/mol. The van der Waals surface area contributed by atoms with Gasteiger partial charge in [0.1, 0.15) is 5.75 Å². The molecule has 1 N–H and O–H groups in total. The number of aryl methyl sites for hydroxylation is 1. The molecular formula is C16H17N3O6. The number of rotatable bonds is 5. The summed E-state index contributed by atoms with van der Waals surface area (Å²) in [4.78, 5) is 29.3. The first-order chi connectivity index (χ1) is 12.0. The molecule has 1 unspecified atom stereocenters. The number of ether oxygens (including phenoxy) is 2. The zero-order valence-corrected chi connectivity index (χ0v) is 13.5. The summed E-state index contributed by atoms with van der Waals surface area (Å²) in [5, 5.41) is 13.0. The molecule has 132 valence electrons. The predicted molar refractivity (Wildman–Crippen MR) is 83.1 cm³/mol. The second kappa shape index (κ2) is 7.31. The summed E-state index contributed by atoms with van der Waals surface area (Å²) in [6, 6.07) is 5.54. The first-order valence-electron chi connectivity index (χ1n) is 7.68. The third kappa shape index (κ3) is 3.94. The molecule has 1 aromatic carbocycles. The Bertz CT molecular complexity index is 775. The van der Waals surface area contributed by atoms with Crippen LogP contribution in [0.25, 0.3) is 0 Å². The van der Waals surface area contributed by atoms with E-state index in [9.17, 15) is 14.7 Å². The maximum atomic E-state index is 12.7. The Morgan fingerprint density at radius 3 is 3.00 bits per heavy atom. The number of nitrogens with zero attached hydrogens (tertiary/aromatic N) is 3. The molecule has 1 amide bonds. The molecule has 1 aliphatic heterocycles. The van der Waals surface area contributed by atoms with Gasteiger partial charge in [-0.1, -0.05) is 11.2 Å². The molecule has 25 heavy (non-hydrogen) atoms. The molecule has 2 heterocycles. The zero-order valence-electron chi connectivity index (χ0n) is 13.5. The van der Waals surface area contributed by atoms with Crippen molar-refractivity contribution in [1.82, 2.24) is 15.0 Å². The van der Waals surface area contributed by atoms with Gasteiger partial charge in [0.2, 0.25) is 11.7 Å². The summed E-state index contributed by atoms with van der Waals surface area (Å²) in [5.74, 6) is -0.180. The molecule has 1 aliphatic rings. The fourth-order valence-corrected chi connectivity index (χ4v) is 2.48. The number of carbonyl (C=O) groups excluding carboxylic acids is 1. The lowest BCUT2D eigenvalue weighted by Crippen LogP contribution is -2.52. The van der Waals surface area contributed by atoms with Crippen molar-refractivity contribution < 1.29 is 28.7 Å². The number of morpholine rings is 1. The first-order valence-corrected chi connectivity index (χ1v) is 7.68. The molecule has 1 atom stereocenters. The van der Waals surface area contributed by atoms with Gasteiger partial charge < -0.3 is 24.0 Å². The molecule has 0 spiro atoms. The smallest absolute Gasteiger partial charge is 0.328 e. The predicted octanol–water partition coefficient (Wildman–Crippen LogP) is 0.883. The molecule has 0 saturated carbocycles. The third-order valence-electron chi connectivity index (χ3n) is 3.69. The number of benzene rings is 1. The summed E-state index contributed by atoms with van der Waals surface area (Å²) in [6.45, 7) is 2.29. The Labute approximate surface area is 143 Å². The van der Waals surface area contributed by atoms with Crippen molar-refractivity contribution in [2.45, 2.75) is 19.6 Å². The van der Waals surface area contributed by atoms with E-state index in [-0.39, 0.29) is 25.7 Å². The lowest BCUT2D eigenvalue weighted by Gasteiger charge is -2.32. The SMILES string of the molecule is Cc1nc(COc2cccc(C(=O)N3CCOCC3C(=O)O)c2)no1. The van der Waals surface area contributed by atoms with Gasteiger partial charge in [-0.2, -0.15) is 4.98 Å². The van der Waals surface area contributed by atoms with E-state index in [1.807, 2.05) is 0 Å². The van der Waals surface area contributed by atoms with Crippen molar-refractivity contribution in [3.63, 3.8) is 0 Å². The van der Waals surface area contributed by atoms with Gasteiger partial charge in [-0.15, -0.1) is 0 Å². The van der Waals surface area contributed by atoms with Crippen LogP contribution < -0.4 is 4.74 Å². The van der Waals surface area contributed by atoms with Crippen molar-refractivity contribution in [1.29, 1.82) is 0 Å². The Balaban J connectivity index is 1.71. The Kier molecular flexibility index (Phi) is 4.94. The van der Waals surface area contributed by atoms with Crippen molar-refractivity contribution in [2.75, 3.05) is 19.8 Å². The van der Waals surface area contributed by atoms with Crippen LogP contribution in [0.3, 0.4) is 0 Å². The molecule has 3 rings (SSSR count). The summed E-state index contributed by atoms with van der Waals surface area (Å²) >= 11 is 0. The molecule has 9 heteroatoms. The Morgan fingerprint density at radius 2 is 2.28 bits per heavy atom. The second-order valence-corrected chi connectivity index (χ2v) is 5.47. The van der Waals surface area contributed by atoms with Crippen LogP contribution in [0, 0.1) is 6.92 Å². The number of aliphatic carboxylic acids is 1. The third-order valence-corrected chi connectivity index (χ3v) is 3.69. The van der Waals surface area contributed by atoms with Crippen LogP contribution in [0.2, 0.25) is 0 Å². The molecule has 2 aromatic rings. The molecule has 0 bridgehead atoms. The number of carboxylic acids is 1. The largest absolute Gasteiger partial charge is 0.485 e. The molecule has 0 radical (unpaired) electrons. The molecular weight excluding hydrogens is 330 g/mol. The van der Waals surface area contributed by atoms with Crippen LogP contribution in [0.15, 0.2) is 28.8 Å². The lowest BCUT2D eigenvalue weighted by molar-refractivity contribution is -0.147. The summed E-state index contributed by atoms with van der Waals surface area (Å²) in [5.41, 5.74) is 0.343. The highest BCUT2D eigenvalue weighted by atomic mass is 16.5. The monoisotopic (exact) mass is 347 g/mol. The zero-order chi connectivity index (χ0) is 17.8. The lowest BCUT2D eigenvalue weighted by atomic mass is 10.1. The number of hydrogen-bond acceptors (Lipinski definition) is 7. The van der Waals surface area contributed by atoms with Crippen molar-refractivity contribution in [2.24, 2.45) is 0 Å². The maximum absolute atomic E-state index is 12.7. The van der Waals surface area contributed by atoms with Crippen molar-refractivity contribution in [3.05, 3.63) is 41.5 Å². The van der Waals surface area contributed by atoms with Gasteiger partial charge in [-0.25, -0.2) is 4.79 Å². The Hall–Kier alpha value is -2.94. The summed E-state index contributed by atoms with van der Waals surface area (Å²) < 4.78 is 15.6. The molecule has 0 aliphatic carbocycles. The summed E-state index contributed by atoms with van der Waals surface area (Å²) in [6.07, 6.45) is 0. The van der Waals surface area contributed by atoms with Crippen molar-refractivity contribution in [3.8, 4) is 5.75 Å². The van der Waals surface area contributed by atoms with E-state index < -0.39 is 12.0 Å². The number of carbonyl (C=O) groups is 2. The number of hydrogen-bond donors (Lipinski definition) is 1. The topological polar surface area (TPSA) is 115 Å². The van der Waals surface area contributed by atoms with E-state index >= 15 is 0 Å². The minimum absolute atomic E-state index is 0.0194. The van der Waals surface area contributed by atoms with Crippen LogP contribution in [0.5, 0.6) is 5.75 Å². The van der Waals surface area contributed by atoms with Gasteiger partial charge in [0.15, 0.2) is 12.6 Å². The maximum Gasteiger partial charge on any atom is 0.328 e. The average Bonchev–Trinajstić information content (AvgIpc) is 3.05. The van der Waals surface area contributed by atoms with E-state index in [2.05, 4.69) is 10.1 Å². The van der Waals surface area contributed by atoms with E-state index in [1.165, 1.54) is 4.90 Å². The number of amides is 1. The van der Waals surface area contributed by atoms with Crippen LogP contribution >= 0.6 is 0 Å². The highest BCUT2D eigenvalue weighted by Gasteiger charge is 2.33.